The van der Waals surface area contributed by atoms with Crippen LogP contribution in [0.25, 0.3) is 21.5 Å². The first-order valence-electron chi connectivity index (χ1n) is 12.0. The quantitative estimate of drug-likeness (QED) is 0.287. The maximum absolute atomic E-state index is 14.3. The van der Waals surface area contributed by atoms with E-state index in [9.17, 15) is 27.5 Å². The number of alkyl halides is 3. The Kier molecular flexibility index (Phi) is 7.17. The molecule has 1 aliphatic rings. The van der Waals surface area contributed by atoms with Gasteiger partial charge in [0.1, 0.15) is 39.5 Å². The van der Waals surface area contributed by atoms with Gasteiger partial charge in [-0.25, -0.2) is 14.4 Å². The third-order valence-electron chi connectivity index (χ3n) is 6.49. The largest absolute Gasteiger partial charge is 0.494 e. The van der Waals surface area contributed by atoms with Crippen LogP contribution in [-0.2, 0) is 6.61 Å². The van der Waals surface area contributed by atoms with Crippen molar-refractivity contribution in [3.05, 3.63) is 70.1 Å². The number of nitrogens with one attached hydrogen (secondary N) is 1. The molecule has 4 aromatic rings. The number of ether oxygens (including phenoxy) is 2. The molecule has 2 atom stereocenters. The van der Waals surface area contributed by atoms with E-state index < -0.39 is 30.4 Å². The summed E-state index contributed by atoms with van der Waals surface area (Å²) in [4.78, 5) is 21.5. The van der Waals surface area contributed by atoms with Gasteiger partial charge in [0.05, 0.1) is 30.7 Å². The number of pyridine rings is 1. The molecule has 2 aromatic carbocycles. The van der Waals surface area contributed by atoms with E-state index in [-0.39, 0.29) is 41.8 Å². The van der Waals surface area contributed by atoms with Gasteiger partial charge in [-0.1, -0.05) is 6.92 Å². The maximum Gasteiger partial charge on any atom is 0.398 e. The SMILES string of the molecule is COc1cc(C(=O)NCC(c2cc3c(c(-c4ccc(F)cc4)n2)OCC3C)C(F)(F)F)cc2sc(CO)nc12. The van der Waals surface area contributed by atoms with Crippen LogP contribution in [0.2, 0.25) is 0 Å². The Labute approximate surface area is 224 Å². The average Bonchev–Trinajstić information content (AvgIpc) is 3.50. The van der Waals surface area contributed by atoms with Gasteiger partial charge < -0.3 is 19.9 Å². The summed E-state index contributed by atoms with van der Waals surface area (Å²) in [5.74, 6) is -2.88. The van der Waals surface area contributed by atoms with Crippen LogP contribution in [0, 0.1) is 5.82 Å². The second-order valence-corrected chi connectivity index (χ2v) is 10.2. The van der Waals surface area contributed by atoms with Gasteiger partial charge in [0.2, 0.25) is 0 Å². The van der Waals surface area contributed by atoms with Gasteiger partial charge in [0, 0.05) is 29.2 Å². The summed E-state index contributed by atoms with van der Waals surface area (Å²) < 4.78 is 68.1. The molecular weight excluding hydrogens is 538 g/mol. The summed E-state index contributed by atoms with van der Waals surface area (Å²) in [6.07, 6.45) is -4.73. The summed E-state index contributed by atoms with van der Waals surface area (Å²) in [5, 5.41) is 12.2. The Morgan fingerprint density at radius 1 is 1.23 bits per heavy atom. The molecule has 0 saturated carbocycles. The third-order valence-corrected chi connectivity index (χ3v) is 7.48. The fraction of sp³-hybridized carbons (Fsp3) is 0.296. The van der Waals surface area contributed by atoms with E-state index in [4.69, 9.17) is 9.47 Å². The average molecular weight is 562 g/mol. The first kappa shape index (κ1) is 26.8. The molecule has 5 rings (SSSR count). The predicted molar refractivity (Wildman–Crippen MR) is 137 cm³/mol. The van der Waals surface area contributed by atoms with Crippen LogP contribution in [0.3, 0.4) is 0 Å². The molecule has 0 radical (unpaired) electrons. The number of methoxy groups -OCH3 is 1. The number of benzene rings is 2. The number of amides is 1. The number of thiazole rings is 1. The van der Waals surface area contributed by atoms with E-state index in [1.807, 2.05) is 6.92 Å². The fourth-order valence-electron chi connectivity index (χ4n) is 4.46. The lowest BCUT2D eigenvalue weighted by Gasteiger charge is -2.22. The van der Waals surface area contributed by atoms with Gasteiger partial charge in [-0.2, -0.15) is 13.2 Å². The first-order chi connectivity index (χ1) is 18.6. The highest BCUT2D eigenvalue weighted by molar-refractivity contribution is 7.18. The summed E-state index contributed by atoms with van der Waals surface area (Å²) >= 11 is 1.15. The van der Waals surface area contributed by atoms with E-state index in [0.29, 0.717) is 32.1 Å². The molecule has 0 spiro atoms. The summed E-state index contributed by atoms with van der Waals surface area (Å²) in [5.41, 5.74) is 1.43. The number of carbonyl (C=O) groups is 1. The Bertz CT molecular complexity index is 1540. The number of nitrogens with zero attached hydrogens (tertiary/aromatic N) is 2. The number of aliphatic hydroxyl groups is 1. The smallest absolute Gasteiger partial charge is 0.398 e. The zero-order chi connectivity index (χ0) is 27.9. The minimum absolute atomic E-state index is 0.0874. The van der Waals surface area contributed by atoms with Crippen LogP contribution in [0.4, 0.5) is 17.6 Å². The lowest BCUT2D eigenvalue weighted by atomic mass is 9.95. The summed E-state index contributed by atoms with van der Waals surface area (Å²) in [6.45, 7) is 1.05. The molecule has 7 nitrogen and oxygen atoms in total. The third kappa shape index (κ3) is 5.26. The van der Waals surface area contributed by atoms with Crippen LogP contribution in [0.1, 0.15) is 45.4 Å². The van der Waals surface area contributed by atoms with Crippen molar-refractivity contribution in [3.63, 3.8) is 0 Å². The van der Waals surface area contributed by atoms with Crippen LogP contribution in [-0.4, -0.2) is 47.4 Å². The van der Waals surface area contributed by atoms with Crippen LogP contribution in [0.5, 0.6) is 11.5 Å². The highest BCUT2D eigenvalue weighted by Crippen LogP contribution is 2.44. The van der Waals surface area contributed by atoms with Gasteiger partial charge in [0.25, 0.3) is 5.91 Å². The molecule has 39 heavy (non-hydrogen) atoms. The fourth-order valence-corrected chi connectivity index (χ4v) is 5.34. The van der Waals surface area contributed by atoms with Gasteiger partial charge in [0.15, 0.2) is 0 Å². The number of aliphatic hydroxyl groups excluding tert-OH is 1. The summed E-state index contributed by atoms with van der Waals surface area (Å²) in [7, 11) is 1.39. The molecule has 12 heteroatoms. The number of carbonyl (C=O) groups excluding carboxylic acids is 1. The first-order valence-corrected chi connectivity index (χ1v) is 12.8. The summed E-state index contributed by atoms with van der Waals surface area (Å²) in [6, 6.07) is 9.52. The van der Waals surface area contributed by atoms with Crippen LogP contribution >= 0.6 is 11.3 Å². The van der Waals surface area contributed by atoms with Crippen LogP contribution in [0.15, 0.2) is 42.5 Å². The minimum atomic E-state index is -4.73. The zero-order valence-corrected chi connectivity index (χ0v) is 21.6. The molecule has 0 bridgehead atoms. The van der Waals surface area contributed by atoms with Crippen molar-refractivity contribution in [2.75, 3.05) is 20.3 Å². The monoisotopic (exact) mass is 561 g/mol. The van der Waals surface area contributed by atoms with E-state index in [1.54, 1.807) is 0 Å². The van der Waals surface area contributed by atoms with Crippen molar-refractivity contribution >= 4 is 27.5 Å². The van der Waals surface area contributed by atoms with Crippen molar-refractivity contribution in [1.29, 1.82) is 0 Å². The van der Waals surface area contributed by atoms with Crippen molar-refractivity contribution in [3.8, 4) is 22.8 Å². The molecule has 1 amide bonds. The molecule has 0 saturated heterocycles. The normalized spacial score (nSPS) is 15.6. The lowest BCUT2D eigenvalue weighted by molar-refractivity contribution is -0.149. The number of halogens is 4. The van der Waals surface area contributed by atoms with Gasteiger partial charge in [-0.3, -0.25) is 4.79 Å². The minimum Gasteiger partial charge on any atom is -0.494 e. The van der Waals surface area contributed by atoms with E-state index in [0.717, 1.165) is 11.3 Å². The maximum atomic E-state index is 14.3. The second-order valence-electron chi connectivity index (χ2n) is 9.13. The second kappa shape index (κ2) is 10.4. The topological polar surface area (TPSA) is 93.6 Å². The number of aromatic nitrogens is 2. The molecule has 0 aliphatic carbocycles. The highest BCUT2D eigenvalue weighted by Gasteiger charge is 2.43. The number of hydrogen-bond donors (Lipinski definition) is 2. The van der Waals surface area contributed by atoms with Crippen molar-refractivity contribution < 1.29 is 36.9 Å². The molecule has 2 N–H and O–H groups in total. The molecule has 2 unspecified atom stereocenters. The zero-order valence-electron chi connectivity index (χ0n) is 20.8. The Hall–Kier alpha value is -3.77. The molecule has 204 valence electrons. The van der Waals surface area contributed by atoms with Crippen molar-refractivity contribution in [1.82, 2.24) is 15.3 Å². The van der Waals surface area contributed by atoms with Gasteiger partial charge in [-0.05, 0) is 42.5 Å². The lowest BCUT2D eigenvalue weighted by Crippen LogP contribution is -2.35. The number of hydrogen-bond acceptors (Lipinski definition) is 7. The molecule has 2 aromatic heterocycles. The van der Waals surface area contributed by atoms with Crippen LogP contribution < -0.4 is 14.8 Å². The van der Waals surface area contributed by atoms with Crippen molar-refractivity contribution in [2.45, 2.75) is 31.5 Å². The Morgan fingerprint density at radius 2 is 1.97 bits per heavy atom. The molecule has 0 fully saturated rings. The Balaban J connectivity index is 1.48. The van der Waals surface area contributed by atoms with E-state index in [1.165, 1.54) is 49.6 Å². The van der Waals surface area contributed by atoms with Gasteiger partial charge >= 0.3 is 6.18 Å². The van der Waals surface area contributed by atoms with Crippen molar-refractivity contribution in [2.24, 2.45) is 0 Å². The standard InChI is InChI=1S/C27H23F4N3O4S/c1-13-12-38-25-17(13)9-19(33-23(25)14-3-5-16(28)6-4-14)18(27(29,30)31)10-32-26(36)15-7-20(37-2)24-21(8-15)39-22(11-35)34-24/h3-9,13,18,35H,10-12H2,1-2H3,(H,32,36). The van der Waals surface area contributed by atoms with E-state index in [2.05, 4.69) is 15.3 Å². The predicted octanol–water partition coefficient (Wildman–Crippen LogP) is 5.57. The molecular formula is C27H23F4N3O4S. The van der Waals surface area contributed by atoms with E-state index >= 15 is 0 Å². The Morgan fingerprint density at radius 3 is 2.64 bits per heavy atom. The molecule has 1 aliphatic heterocycles. The van der Waals surface area contributed by atoms with Gasteiger partial charge in [-0.15, -0.1) is 11.3 Å². The highest BCUT2D eigenvalue weighted by atomic mass is 32.1. The number of fused-ring (bicyclic) bond motifs is 2. The number of rotatable bonds is 7. The molecule has 3 heterocycles.